The molecule has 0 radical (unpaired) electrons. The van der Waals surface area contributed by atoms with Crippen molar-refractivity contribution < 1.29 is 24.2 Å². The van der Waals surface area contributed by atoms with Gasteiger partial charge in [-0.15, -0.1) is 6.58 Å². The van der Waals surface area contributed by atoms with Crippen molar-refractivity contribution in [3.05, 3.63) is 42.5 Å². The number of benzene rings is 1. The largest absolute Gasteiger partial charge is 0.483 e. The lowest BCUT2D eigenvalue weighted by Crippen LogP contribution is -2.40. The predicted octanol–water partition coefficient (Wildman–Crippen LogP) is 0.700. The number of para-hydroxylation sites is 1. The molecule has 1 rings (SSSR count). The highest BCUT2D eigenvalue weighted by Crippen LogP contribution is 2.18. The number of carboxylic acid groups (broad SMARTS) is 1. The lowest BCUT2D eigenvalue weighted by Gasteiger charge is -2.15. The van der Waals surface area contributed by atoms with Crippen LogP contribution in [0.3, 0.4) is 0 Å². The van der Waals surface area contributed by atoms with E-state index in [1.54, 1.807) is 18.2 Å². The zero-order valence-corrected chi connectivity index (χ0v) is 12.0. The minimum atomic E-state index is -1.13. The van der Waals surface area contributed by atoms with Gasteiger partial charge in [0, 0.05) is 0 Å². The molecule has 0 spiro atoms. The molecule has 0 aliphatic carbocycles. The van der Waals surface area contributed by atoms with Gasteiger partial charge in [0.25, 0.3) is 11.8 Å². The number of primary amides is 1. The summed E-state index contributed by atoms with van der Waals surface area (Å²) in [4.78, 5) is 34.1. The average molecular weight is 306 g/mol. The van der Waals surface area contributed by atoms with Crippen molar-refractivity contribution in [3.8, 4) is 5.75 Å². The van der Waals surface area contributed by atoms with Crippen LogP contribution >= 0.6 is 0 Å². The van der Waals surface area contributed by atoms with E-state index in [-0.39, 0.29) is 24.3 Å². The van der Waals surface area contributed by atoms with E-state index < -0.39 is 23.8 Å². The van der Waals surface area contributed by atoms with Crippen molar-refractivity contribution in [2.75, 3.05) is 6.61 Å². The van der Waals surface area contributed by atoms with Crippen LogP contribution in [0.4, 0.5) is 0 Å². The second-order valence-electron chi connectivity index (χ2n) is 4.48. The summed E-state index contributed by atoms with van der Waals surface area (Å²) in [6, 6.07) is 5.16. The molecule has 4 N–H and O–H groups in total. The van der Waals surface area contributed by atoms with E-state index >= 15 is 0 Å². The second-order valence-corrected chi connectivity index (χ2v) is 4.48. The number of carbonyl (C=O) groups excluding carboxylic acids is 2. The van der Waals surface area contributed by atoms with Crippen LogP contribution < -0.4 is 15.8 Å². The van der Waals surface area contributed by atoms with Gasteiger partial charge in [-0.1, -0.05) is 18.2 Å². The molecule has 0 aromatic heterocycles. The lowest BCUT2D eigenvalue weighted by molar-refractivity contribution is -0.139. The molecule has 1 unspecified atom stereocenters. The van der Waals surface area contributed by atoms with Gasteiger partial charge >= 0.3 is 5.97 Å². The summed E-state index contributed by atoms with van der Waals surface area (Å²) >= 11 is 0. The van der Waals surface area contributed by atoms with Crippen LogP contribution in [-0.4, -0.2) is 35.5 Å². The first kappa shape index (κ1) is 17.2. The monoisotopic (exact) mass is 306 g/mol. The van der Waals surface area contributed by atoms with E-state index in [2.05, 4.69) is 11.9 Å². The number of allylic oxidation sites excluding steroid dienone is 1. The highest BCUT2D eigenvalue weighted by Gasteiger charge is 2.21. The van der Waals surface area contributed by atoms with Gasteiger partial charge in [-0.2, -0.15) is 0 Å². The molecule has 7 heteroatoms. The standard InChI is InChI=1S/C15H18N2O5/c1-2-3-7-11(15(20)21)17-14(19)10-6-4-5-8-12(10)22-9-13(16)18/h2,4-6,8,11H,1,3,7,9H2,(H2,16,18)(H,17,19)(H,20,21). The summed E-state index contributed by atoms with van der Waals surface area (Å²) < 4.78 is 5.14. The molecule has 0 heterocycles. The van der Waals surface area contributed by atoms with Gasteiger partial charge in [0.05, 0.1) is 5.56 Å². The Labute approximate surface area is 127 Å². The van der Waals surface area contributed by atoms with E-state index in [0.717, 1.165) is 0 Å². The van der Waals surface area contributed by atoms with Crippen molar-refractivity contribution in [2.45, 2.75) is 18.9 Å². The summed E-state index contributed by atoms with van der Waals surface area (Å²) in [6.07, 6.45) is 2.26. The molecule has 0 aliphatic heterocycles. The Morgan fingerprint density at radius 3 is 2.64 bits per heavy atom. The van der Waals surface area contributed by atoms with E-state index in [9.17, 15) is 14.4 Å². The zero-order chi connectivity index (χ0) is 16.5. The molecule has 118 valence electrons. The smallest absolute Gasteiger partial charge is 0.326 e. The summed E-state index contributed by atoms with van der Waals surface area (Å²) in [6.45, 7) is 3.14. The Bertz CT molecular complexity index is 571. The van der Waals surface area contributed by atoms with Crippen molar-refractivity contribution in [3.63, 3.8) is 0 Å². The van der Waals surface area contributed by atoms with Gasteiger partial charge in [0.15, 0.2) is 6.61 Å². The minimum Gasteiger partial charge on any atom is -0.483 e. The molecular formula is C15H18N2O5. The number of hydrogen-bond acceptors (Lipinski definition) is 4. The minimum absolute atomic E-state index is 0.133. The highest BCUT2D eigenvalue weighted by molar-refractivity contribution is 5.99. The maximum Gasteiger partial charge on any atom is 0.326 e. The first-order valence-electron chi connectivity index (χ1n) is 6.60. The molecule has 7 nitrogen and oxygen atoms in total. The van der Waals surface area contributed by atoms with Gasteiger partial charge in [-0.05, 0) is 25.0 Å². The fourth-order valence-electron chi connectivity index (χ4n) is 1.71. The third kappa shape index (κ3) is 5.28. The number of hydrogen-bond donors (Lipinski definition) is 3. The van der Waals surface area contributed by atoms with E-state index in [0.29, 0.717) is 6.42 Å². The maximum absolute atomic E-state index is 12.2. The van der Waals surface area contributed by atoms with Crippen LogP contribution in [0.25, 0.3) is 0 Å². The number of carbonyl (C=O) groups is 3. The van der Waals surface area contributed by atoms with Crippen LogP contribution in [0.1, 0.15) is 23.2 Å². The summed E-state index contributed by atoms with van der Waals surface area (Å²) in [7, 11) is 0. The Morgan fingerprint density at radius 2 is 2.05 bits per heavy atom. The number of amides is 2. The molecule has 1 atom stereocenters. The maximum atomic E-state index is 12.2. The van der Waals surface area contributed by atoms with Crippen molar-refractivity contribution in [1.82, 2.24) is 5.32 Å². The Hall–Kier alpha value is -2.83. The van der Waals surface area contributed by atoms with Crippen LogP contribution in [0.15, 0.2) is 36.9 Å². The molecule has 0 aliphatic rings. The van der Waals surface area contributed by atoms with Crippen LogP contribution in [0, 0.1) is 0 Å². The number of nitrogens with two attached hydrogens (primary N) is 1. The molecule has 22 heavy (non-hydrogen) atoms. The SMILES string of the molecule is C=CCCC(NC(=O)c1ccccc1OCC(N)=O)C(=O)O. The normalized spacial score (nSPS) is 11.3. The Morgan fingerprint density at radius 1 is 1.36 bits per heavy atom. The molecule has 1 aromatic carbocycles. The molecule has 1 aromatic rings. The Balaban J connectivity index is 2.85. The second kappa shape index (κ2) is 8.46. The molecule has 0 fully saturated rings. The molecule has 0 saturated carbocycles. The number of rotatable bonds is 9. The van der Waals surface area contributed by atoms with Crippen LogP contribution in [-0.2, 0) is 9.59 Å². The van der Waals surface area contributed by atoms with Gasteiger partial charge in [0.2, 0.25) is 0 Å². The van der Waals surface area contributed by atoms with Gasteiger partial charge in [-0.25, -0.2) is 4.79 Å². The van der Waals surface area contributed by atoms with E-state index in [4.69, 9.17) is 15.6 Å². The number of carboxylic acids is 1. The summed E-state index contributed by atoms with van der Waals surface area (Å²) in [5, 5.41) is 11.5. The zero-order valence-electron chi connectivity index (χ0n) is 12.0. The van der Waals surface area contributed by atoms with Gasteiger partial charge in [-0.3, -0.25) is 9.59 Å². The fourth-order valence-corrected chi connectivity index (χ4v) is 1.71. The van der Waals surface area contributed by atoms with Gasteiger partial charge in [0.1, 0.15) is 11.8 Å². The van der Waals surface area contributed by atoms with Crippen molar-refractivity contribution in [1.29, 1.82) is 0 Å². The molecular weight excluding hydrogens is 288 g/mol. The average Bonchev–Trinajstić information content (AvgIpc) is 2.49. The third-order valence-corrected chi connectivity index (χ3v) is 2.76. The topological polar surface area (TPSA) is 119 Å². The molecule has 2 amide bonds. The van der Waals surface area contributed by atoms with Crippen molar-refractivity contribution >= 4 is 17.8 Å². The number of aliphatic carboxylic acids is 1. The summed E-state index contributed by atoms with van der Waals surface area (Å²) in [5.41, 5.74) is 5.12. The number of ether oxygens (including phenoxy) is 1. The predicted molar refractivity (Wildman–Crippen MR) is 79.5 cm³/mol. The fraction of sp³-hybridized carbons (Fsp3) is 0.267. The summed E-state index contributed by atoms with van der Waals surface area (Å²) in [5.74, 6) is -2.25. The third-order valence-electron chi connectivity index (χ3n) is 2.76. The first-order chi connectivity index (χ1) is 10.5. The first-order valence-corrected chi connectivity index (χ1v) is 6.60. The van der Waals surface area contributed by atoms with Crippen LogP contribution in [0.2, 0.25) is 0 Å². The Kier molecular flexibility index (Phi) is 6.62. The molecule has 0 saturated heterocycles. The van der Waals surface area contributed by atoms with Gasteiger partial charge < -0.3 is 20.9 Å². The van der Waals surface area contributed by atoms with E-state index in [1.807, 2.05) is 0 Å². The van der Waals surface area contributed by atoms with E-state index in [1.165, 1.54) is 12.1 Å². The molecule has 0 bridgehead atoms. The number of nitrogens with one attached hydrogen (secondary N) is 1. The van der Waals surface area contributed by atoms with Crippen LogP contribution in [0.5, 0.6) is 5.75 Å². The quantitative estimate of drug-likeness (QED) is 0.580. The lowest BCUT2D eigenvalue weighted by atomic mass is 10.1. The highest BCUT2D eigenvalue weighted by atomic mass is 16.5. The van der Waals surface area contributed by atoms with Crippen molar-refractivity contribution in [2.24, 2.45) is 5.73 Å².